The molecule has 0 aliphatic carbocycles. The topological polar surface area (TPSA) is 63.8 Å². The first-order chi connectivity index (χ1) is 6.79. The smallest absolute Gasteiger partial charge is 0.224 e. The fraction of sp³-hybridized carbons (Fsp3) is 0.111. The normalized spacial score (nSPS) is 10.1. The average molecular weight is 206 g/mol. The first-order valence-electron chi connectivity index (χ1n) is 4.16. The van der Waals surface area contributed by atoms with E-state index in [0.29, 0.717) is 11.8 Å². The van der Waals surface area contributed by atoms with Crippen LogP contribution in [-0.2, 0) is 0 Å². The Morgan fingerprint density at radius 3 is 2.93 bits per heavy atom. The van der Waals surface area contributed by atoms with Crippen LogP contribution >= 0.6 is 11.3 Å². The molecule has 4 nitrogen and oxygen atoms in total. The van der Waals surface area contributed by atoms with Crippen molar-refractivity contribution in [3.05, 3.63) is 23.6 Å². The van der Waals surface area contributed by atoms with Crippen molar-refractivity contribution >= 4 is 23.1 Å². The molecule has 0 radical (unpaired) electrons. The molecule has 2 aromatic heterocycles. The highest BCUT2D eigenvalue weighted by atomic mass is 32.1. The number of hydrogen-bond donors (Lipinski definition) is 2. The minimum atomic E-state index is 0.479. The third kappa shape index (κ3) is 1.67. The van der Waals surface area contributed by atoms with Gasteiger partial charge in [0.1, 0.15) is 5.82 Å². The summed E-state index contributed by atoms with van der Waals surface area (Å²) < 4.78 is 0. The van der Waals surface area contributed by atoms with Gasteiger partial charge in [-0.1, -0.05) is 6.07 Å². The maximum absolute atomic E-state index is 5.65. The van der Waals surface area contributed by atoms with Gasteiger partial charge in [0.2, 0.25) is 5.95 Å². The maximum atomic E-state index is 5.65. The summed E-state index contributed by atoms with van der Waals surface area (Å²) in [5.74, 6) is 1.03. The van der Waals surface area contributed by atoms with Crippen LogP contribution in [0.2, 0.25) is 0 Å². The van der Waals surface area contributed by atoms with E-state index in [9.17, 15) is 0 Å². The molecule has 14 heavy (non-hydrogen) atoms. The fourth-order valence-electron chi connectivity index (χ4n) is 1.13. The number of anilines is 2. The van der Waals surface area contributed by atoms with E-state index in [1.54, 1.807) is 24.5 Å². The Morgan fingerprint density at radius 2 is 2.29 bits per heavy atom. The molecule has 0 aromatic carbocycles. The SMILES string of the molecule is CNc1nc(N)cc(-c2cccs2)n1. The van der Waals surface area contributed by atoms with Gasteiger partial charge in [0, 0.05) is 13.1 Å². The lowest BCUT2D eigenvalue weighted by Crippen LogP contribution is -2.00. The van der Waals surface area contributed by atoms with Gasteiger partial charge >= 0.3 is 0 Å². The van der Waals surface area contributed by atoms with Crippen molar-refractivity contribution in [3.63, 3.8) is 0 Å². The highest BCUT2D eigenvalue weighted by Crippen LogP contribution is 2.24. The minimum Gasteiger partial charge on any atom is -0.384 e. The van der Waals surface area contributed by atoms with E-state index in [1.165, 1.54) is 0 Å². The van der Waals surface area contributed by atoms with Crippen LogP contribution in [0.1, 0.15) is 0 Å². The molecule has 0 amide bonds. The highest BCUT2D eigenvalue weighted by molar-refractivity contribution is 7.13. The molecule has 0 spiro atoms. The summed E-state index contributed by atoms with van der Waals surface area (Å²) in [6, 6.07) is 5.76. The van der Waals surface area contributed by atoms with Crippen LogP contribution in [0, 0.1) is 0 Å². The Hall–Kier alpha value is -1.62. The largest absolute Gasteiger partial charge is 0.384 e. The Balaban J connectivity index is 2.48. The second kappa shape index (κ2) is 3.63. The van der Waals surface area contributed by atoms with E-state index in [4.69, 9.17) is 5.73 Å². The monoisotopic (exact) mass is 206 g/mol. The fourth-order valence-corrected chi connectivity index (χ4v) is 1.81. The van der Waals surface area contributed by atoms with Gasteiger partial charge in [-0.2, -0.15) is 4.98 Å². The lowest BCUT2D eigenvalue weighted by molar-refractivity contribution is 1.17. The van der Waals surface area contributed by atoms with Crippen molar-refractivity contribution in [2.75, 3.05) is 18.1 Å². The van der Waals surface area contributed by atoms with E-state index in [1.807, 2.05) is 17.5 Å². The molecule has 0 saturated carbocycles. The molecule has 0 fully saturated rings. The third-order valence-electron chi connectivity index (χ3n) is 1.74. The van der Waals surface area contributed by atoms with Crippen LogP contribution in [0.15, 0.2) is 23.6 Å². The number of nitrogens with one attached hydrogen (secondary N) is 1. The van der Waals surface area contributed by atoms with Gasteiger partial charge in [-0.3, -0.25) is 0 Å². The Labute approximate surface area is 85.8 Å². The summed E-state index contributed by atoms with van der Waals surface area (Å²) >= 11 is 1.63. The van der Waals surface area contributed by atoms with Gasteiger partial charge < -0.3 is 11.1 Å². The second-order valence-electron chi connectivity index (χ2n) is 2.73. The lowest BCUT2D eigenvalue weighted by atomic mass is 10.3. The standard InChI is InChI=1S/C9H10N4S/c1-11-9-12-6(5-8(10)13-9)7-3-2-4-14-7/h2-5H,1H3,(H3,10,11,12,13). The zero-order chi connectivity index (χ0) is 9.97. The van der Waals surface area contributed by atoms with Crippen LogP contribution in [0.3, 0.4) is 0 Å². The molecule has 72 valence electrons. The van der Waals surface area contributed by atoms with Crippen LogP contribution < -0.4 is 11.1 Å². The Kier molecular flexibility index (Phi) is 2.32. The summed E-state index contributed by atoms with van der Waals surface area (Å²) in [5.41, 5.74) is 6.51. The first kappa shape index (κ1) is 8.96. The molecule has 0 saturated heterocycles. The number of aromatic nitrogens is 2. The predicted molar refractivity (Wildman–Crippen MR) is 59.3 cm³/mol. The number of nitrogens with zero attached hydrogens (tertiary/aromatic N) is 2. The summed E-state index contributed by atoms with van der Waals surface area (Å²) in [7, 11) is 1.77. The summed E-state index contributed by atoms with van der Waals surface area (Å²) in [4.78, 5) is 9.42. The molecule has 2 aromatic rings. The molecule has 0 aliphatic heterocycles. The van der Waals surface area contributed by atoms with E-state index in [2.05, 4.69) is 15.3 Å². The van der Waals surface area contributed by atoms with Gasteiger partial charge in [-0.05, 0) is 11.4 Å². The van der Waals surface area contributed by atoms with Gasteiger partial charge in [-0.15, -0.1) is 11.3 Å². The molecule has 2 heterocycles. The summed E-state index contributed by atoms with van der Waals surface area (Å²) in [6.45, 7) is 0. The van der Waals surface area contributed by atoms with Crippen molar-refractivity contribution in [3.8, 4) is 10.6 Å². The Bertz CT molecular complexity index is 424. The number of nitrogen functional groups attached to an aromatic ring is 1. The van der Waals surface area contributed by atoms with Crippen molar-refractivity contribution in [1.29, 1.82) is 0 Å². The van der Waals surface area contributed by atoms with Crippen molar-refractivity contribution in [2.45, 2.75) is 0 Å². The predicted octanol–water partition coefficient (Wildman–Crippen LogP) is 1.83. The molecule has 5 heteroatoms. The van der Waals surface area contributed by atoms with Gasteiger partial charge in [0.15, 0.2) is 0 Å². The molecule has 3 N–H and O–H groups in total. The molecule has 2 rings (SSSR count). The van der Waals surface area contributed by atoms with E-state index in [0.717, 1.165) is 10.6 Å². The zero-order valence-electron chi connectivity index (χ0n) is 7.69. The molecular formula is C9H10N4S. The highest BCUT2D eigenvalue weighted by Gasteiger charge is 2.04. The molecular weight excluding hydrogens is 196 g/mol. The first-order valence-corrected chi connectivity index (χ1v) is 5.04. The van der Waals surface area contributed by atoms with Gasteiger partial charge in [0.05, 0.1) is 10.6 Å². The number of thiophene rings is 1. The van der Waals surface area contributed by atoms with Crippen molar-refractivity contribution < 1.29 is 0 Å². The van der Waals surface area contributed by atoms with E-state index < -0.39 is 0 Å². The average Bonchev–Trinajstić information content (AvgIpc) is 2.69. The zero-order valence-corrected chi connectivity index (χ0v) is 8.51. The number of rotatable bonds is 2. The van der Waals surface area contributed by atoms with Crippen LogP contribution in [0.5, 0.6) is 0 Å². The van der Waals surface area contributed by atoms with E-state index in [-0.39, 0.29) is 0 Å². The van der Waals surface area contributed by atoms with Crippen LogP contribution in [0.25, 0.3) is 10.6 Å². The molecule has 0 unspecified atom stereocenters. The van der Waals surface area contributed by atoms with Gasteiger partial charge in [0.25, 0.3) is 0 Å². The van der Waals surface area contributed by atoms with Crippen molar-refractivity contribution in [2.24, 2.45) is 0 Å². The summed E-state index contributed by atoms with van der Waals surface area (Å²) in [6.07, 6.45) is 0. The number of hydrogen-bond acceptors (Lipinski definition) is 5. The second-order valence-corrected chi connectivity index (χ2v) is 3.68. The summed E-state index contributed by atoms with van der Waals surface area (Å²) in [5, 5.41) is 4.88. The molecule has 0 bridgehead atoms. The van der Waals surface area contributed by atoms with Crippen LogP contribution in [-0.4, -0.2) is 17.0 Å². The Morgan fingerprint density at radius 1 is 1.43 bits per heavy atom. The number of nitrogens with two attached hydrogens (primary N) is 1. The quantitative estimate of drug-likeness (QED) is 0.786. The third-order valence-corrected chi connectivity index (χ3v) is 2.64. The minimum absolute atomic E-state index is 0.479. The maximum Gasteiger partial charge on any atom is 0.224 e. The molecule has 0 atom stereocenters. The van der Waals surface area contributed by atoms with Crippen LogP contribution in [0.4, 0.5) is 11.8 Å². The molecule has 0 aliphatic rings. The van der Waals surface area contributed by atoms with Crippen molar-refractivity contribution in [1.82, 2.24) is 9.97 Å². The van der Waals surface area contributed by atoms with Gasteiger partial charge in [-0.25, -0.2) is 4.98 Å². The van der Waals surface area contributed by atoms with E-state index >= 15 is 0 Å². The lowest BCUT2D eigenvalue weighted by Gasteiger charge is -2.02.